The number of fused-ring (bicyclic) bond motifs is 8. The first-order chi connectivity index (χ1) is 30.9. The summed E-state index contributed by atoms with van der Waals surface area (Å²) < 4.78 is 11.2. The first-order valence-electron chi connectivity index (χ1n) is 25.1. The third-order valence-corrected chi connectivity index (χ3v) is 15.3. The van der Waals surface area contributed by atoms with Crippen LogP contribution in [-0.4, -0.2) is 55.8 Å². The first kappa shape index (κ1) is 49.8. The van der Waals surface area contributed by atoms with E-state index in [9.17, 15) is 19.8 Å². The maximum Gasteiger partial charge on any atom is 0.321 e. The fourth-order valence-electron chi connectivity index (χ4n) is 11.0. The van der Waals surface area contributed by atoms with Crippen molar-refractivity contribution in [2.24, 2.45) is 23.7 Å². The SMILES string of the molecule is CC[C@H]1c2cc3[nH]c4c(c5nc(cc6[nH]c(cc(n2)[C@@H]1C)c(=C(C)O)c6C)[C@@H](C)[C@@H]5CCC(=O)OCC[C@@H](C)CCC[C@H](C)CCC[C@H](C)CCCC(C)C)[C@@H](C(=O)OC)C(O)=c4c3C. The lowest BCUT2D eigenvalue weighted by molar-refractivity contribution is -0.144. The van der Waals surface area contributed by atoms with Crippen molar-refractivity contribution in [1.29, 1.82) is 0 Å². The first-order valence-corrected chi connectivity index (χ1v) is 25.1. The zero-order valence-electron chi connectivity index (χ0n) is 41.7. The van der Waals surface area contributed by atoms with Crippen molar-refractivity contribution < 1.29 is 29.3 Å². The number of H-pyrrole nitrogens is 2. The Bertz CT molecular complexity index is 2480. The van der Waals surface area contributed by atoms with Crippen molar-refractivity contribution in [3.63, 3.8) is 0 Å². The van der Waals surface area contributed by atoms with Crippen LogP contribution in [0.1, 0.15) is 215 Å². The number of carbonyl (C=O) groups excluding carboxylic acids is 2. The van der Waals surface area contributed by atoms with E-state index in [2.05, 4.69) is 77.5 Å². The molecule has 10 nitrogen and oxygen atoms in total. The van der Waals surface area contributed by atoms with Crippen molar-refractivity contribution in [2.45, 2.75) is 189 Å². The van der Waals surface area contributed by atoms with Gasteiger partial charge in [0.25, 0.3) is 0 Å². The number of aliphatic hydroxyl groups is 2. The second-order valence-electron chi connectivity index (χ2n) is 20.8. The summed E-state index contributed by atoms with van der Waals surface area (Å²) in [7, 11) is 1.33. The molecule has 3 aromatic rings. The molecular formula is C55H80N4O6. The van der Waals surface area contributed by atoms with E-state index in [1.54, 1.807) is 6.92 Å². The molecule has 0 radical (unpaired) electrons. The fourth-order valence-corrected chi connectivity index (χ4v) is 11.0. The largest absolute Gasteiger partial charge is 0.512 e. The van der Waals surface area contributed by atoms with Gasteiger partial charge in [0.15, 0.2) is 0 Å². The number of rotatable bonds is 20. The molecule has 10 heteroatoms. The molecule has 1 aliphatic carbocycles. The molecule has 0 spiro atoms. The number of methoxy groups -OCH3 is 1. The number of aromatic amines is 2. The van der Waals surface area contributed by atoms with E-state index in [1.807, 2.05) is 19.9 Å². The molecule has 3 aromatic heterocycles. The molecular weight excluding hydrogens is 813 g/mol. The predicted molar refractivity (Wildman–Crippen MR) is 264 cm³/mol. The summed E-state index contributed by atoms with van der Waals surface area (Å²) in [5.74, 6) is 0.918. The predicted octanol–water partition coefficient (Wildman–Crippen LogP) is 12.5. The lowest BCUT2D eigenvalue weighted by Crippen LogP contribution is -2.18. The fraction of sp³-hybridized carbons (Fsp3) is 0.636. The molecule has 0 saturated heterocycles. The van der Waals surface area contributed by atoms with Gasteiger partial charge in [-0.15, -0.1) is 0 Å². The minimum atomic E-state index is -1.08. The van der Waals surface area contributed by atoms with Crippen LogP contribution in [0.2, 0.25) is 0 Å². The van der Waals surface area contributed by atoms with Crippen LogP contribution in [0.15, 0.2) is 18.2 Å². The van der Waals surface area contributed by atoms with E-state index < -0.39 is 11.9 Å². The Morgan fingerprint density at radius 3 is 1.91 bits per heavy atom. The highest BCUT2D eigenvalue weighted by molar-refractivity contribution is 5.96. The standard InChI is InChI=1S/C55H80N4O6/c1-13-39-34(7)41-29-46-48(38(11)60)36(9)43(57-46)27-42-35(8)40(52(58-42)50-51(55(63)64-12)54(62)49-37(10)44(59-53(49)50)28-45(39)56-41)23-24-47(61)65-26-25-33(6)22-16-21-32(5)20-15-19-31(4)18-14-17-30(2)3/h27-35,39-40,51,57,59-60,62H,13-26H2,1-12H3/t31-,32-,33+,34-,35+,39-,40+,51-/m1/s1. The number of nitrogens with zero attached hydrogens (tertiary/aromatic N) is 2. The van der Waals surface area contributed by atoms with E-state index in [0.717, 1.165) is 87.0 Å². The number of aliphatic hydroxyl groups excluding tert-OH is 2. The highest BCUT2D eigenvalue weighted by atomic mass is 16.5. The van der Waals surface area contributed by atoms with Gasteiger partial charge in [0.2, 0.25) is 0 Å². The Morgan fingerprint density at radius 2 is 1.31 bits per heavy atom. The van der Waals surface area contributed by atoms with E-state index in [0.29, 0.717) is 40.9 Å². The van der Waals surface area contributed by atoms with Gasteiger partial charge >= 0.3 is 11.9 Å². The number of aromatic nitrogens is 4. The Balaban J connectivity index is 1.23. The molecule has 5 heterocycles. The summed E-state index contributed by atoms with van der Waals surface area (Å²) in [4.78, 5) is 44.8. The molecule has 6 rings (SSSR count). The summed E-state index contributed by atoms with van der Waals surface area (Å²) in [5.41, 5.74) is 8.55. The lowest BCUT2D eigenvalue weighted by Gasteiger charge is -2.19. The molecule has 0 saturated carbocycles. The van der Waals surface area contributed by atoms with Crippen molar-refractivity contribution >= 4 is 45.5 Å². The summed E-state index contributed by atoms with van der Waals surface area (Å²) in [5, 5.41) is 24.2. The number of hydrogen-bond acceptors (Lipinski definition) is 8. The third-order valence-electron chi connectivity index (χ3n) is 15.3. The number of nitrogens with one attached hydrogen (secondary N) is 2. The lowest BCUT2D eigenvalue weighted by atomic mass is 9.84. The number of hydrogen-bond donors (Lipinski definition) is 4. The second-order valence-corrected chi connectivity index (χ2v) is 20.8. The van der Waals surface area contributed by atoms with Gasteiger partial charge in [0.05, 0.1) is 36.2 Å². The van der Waals surface area contributed by atoms with Gasteiger partial charge < -0.3 is 29.7 Å². The maximum absolute atomic E-state index is 13.7. The van der Waals surface area contributed by atoms with Gasteiger partial charge in [0, 0.05) is 74.2 Å². The number of aryl methyl sites for hydroxylation is 2. The molecule has 65 heavy (non-hydrogen) atoms. The Hall–Kier alpha value is -4.60. The molecule has 356 valence electrons. The number of ether oxygens (including phenoxy) is 2. The molecule has 0 unspecified atom stereocenters. The van der Waals surface area contributed by atoms with Crippen LogP contribution in [0.5, 0.6) is 0 Å². The minimum Gasteiger partial charge on any atom is -0.512 e. The molecule has 0 aromatic carbocycles. The molecule has 8 atom stereocenters. The molecule has 8 bridgehead atoms. The van der Waals surface area contributed by atoms with Crippen molar-refractivity contribution in [3.8, 4) is 0 Å². The summed E-state index contributed by atoms with van der Waals surface area (Å²) >= 11 is 0. The zero-order chi connectivity index (χ0) is 47.3. The summed E-state index contributed by atoms with van der Waals surface area (Å²) in [6.07, 6.45) is 13.9. The van der Waals surface area contributed by atoms with Crippen LogP contribution in [0.4, 0.5) is 0 Å². The molecule has 4 N–H and O–H groups in total. The molecule has 2 aliphatic heterocycles. The number of esters is 2. The monoisotopic (exact) mass is 893 g/mol. The average molecular weight is 893 g/mol. The Labute approximate surface area is 388 Å². The van der Waals surface area contributed by atoms with Crippen LogP contribution in [0.25, 0.3) is 33.6 Å². The van der Waals surface area contributed by atoms with Crippen LogP contribution < -0.4 is 10.4 Å². The van der Waals surface area contributed by atoms with Gasteiger partial charge in [-0.1, -0.05) is 113 Å². The van der Waals surface area contributed by atoms with Gasteiger partial charge in [-0.05, 0) is 93.0 Å². The molecule has 0 fully saturated rings. The quantitative estimate of drug-likeness (QED) is 0.0819. The topological polar surface area (TPSA) is 150 Å². The smallest absolute Gasteiger partial charge is 0.321 e. The summed E-state index contributed by atoms with van der Waals surface area (Å²) in [6.45, 7) is 24.2. The van der Waals surface area contributed by atoms with E-state index >= 15 is 0 Å². The second kappa shape index (κ2) is 21.8. The van der Waals surface area contributed by atoms with Gasteiger partial charge in [-0.3, -0.25) is 19.6 Å². The van der Waals surface area contributed by atoms with Crippen LogP contribution in [0, 0.1) is 37.5 Å². The van der Waals surface area contributed by atoms with Crippen LogP contribution >= 0.6 is 0 Å². The molecule has 3 aliphatic rings. The van der Waals surface area contributed by atoms with Crippen molar-refractivity contribution in [1.82, 2.24) is 19.9 Å². The van der Waals surface area contributed by atoms with Crippen molar-refractivity contribution in [2.75, 3.05) is 13.7 Å². The minimum absolute atomic E-state index is 0.0683. The summed E-state index contributed by atoms with van der Waals surface area (Å²) in [6, 6.07) is 6.14. The van der Waals surface area contributed by atoms with Crippen LogP contribution in [0.3, 0.4) is 0 Å². The highest BCUT2D eigenvalue weighted by Crippen LogP contribution is 2.46. The van der Waals surface area contributed by atoms with Gasteiger partial charge in [0.1, 0.15) is 11.7 Å². The van der Waals surface area contributed by atoms with E-state index in [-0.39, 0.29) is 47.6 Å². The number of carbonyl (C=O) groups is 2. The Kier molecular flexibility index (Phi) is 16.7. The maximum atomic E-state index is 13.7. The van der Waals surface area contributed by atoms with E-state index in [4.69, 9.17) is 19.4 Å². The third kappa shape index (κ3) is 11.2. The van der Waals surface area contributed by atoms with E-state index in [1.165, 1.54) is 58.5 Å². The highest BCUT2D eigenvalue weighted by Gasteiger charge is 2.42. The average Bonchev–Trinajstić information content (AvgIpc) is 4.00. The normalized spacial score (nSPS) is 21.1. The van der Waals surface area contributed by atoms with Crippen LogP contribution in [-0.2, 0) is 19.1 Å². The van der Waals surface area contributed by atoms with Gasteiger partial charge in [-0.25, -0.2) is 0 Å². The van der Waals surface area contributed by atoms with Gasteiger partial charge in [-0.2, -0.15) is 0 Å². The molecule has 0 amide bonds. The zero-order valence-corrected chi connectivity index (χ0v) is 41.7. The van der Waals surface area contributed by atoms with Crippen molar-refractivity contribution in [3.05, 3.63) is 68.1 Å². The Morgan fingerprint density at radius 1 is 0.754 bits per heavy atom.